The Morgan fingerprint density at radius 1 is 1.19 bits per heavy atom. The molecule has 1 fully saturated rings. The summed E-state index contributed by atoms with van der Waals surface area (Å²) in [6, 6.07) is 4.70. The van der Waals surface area contributed by atoms with Crippen LogP contribution in [0.5, 0.6) is 0 Å². The standard InChI is InChI=1S/C27H36N4O6/c1-27(2,3)37-26(35)29(4)16-7-9-18-36-17-8-6-11-19-12-10-13-20-23(19)30(5)25(34)31(20)21-14-15-22(32)28-24(21)33/h10,12-13,21H,7-9,14-18H2,1-5H3,(H,28,32,33). The zero-order valence-electron chi connectivity index (χ0n) is 22.3. The van der Waals surface area contributed by atoms with E-state index in [0.29, 0.717) is 42.8 Å². The van der Waals surface area contributed by atoms with Crippen molar-refractivity contribution in [1.82, 2.24) is 19.4 Å². The maximum absolute atomic E-state index is 13.0. The van der Waals surface area contributed by atoms with Crippen molar-refractivity contribution in [1.29, 1.82) is 0 Å². The van der Waals surface area contributed by atoms with E-state index < -0.39 is 17.6 Å². The van der Waals surface area contributed by atoms with Crippen molar-refractivity contribution in [2.45, 2.75) is 64.5 Å². The summed E-state index contributed by atoms with van der Waals surface area (Å²) in [5, 5.41) is 2.32. The van der Waals surface area contributed by atoms with Gasteiger partial charge in [-0.05, 0) is 52.2 Å². The third-order valence-electron chi connectivity index (χ3n) is 5.96. The number of unbranched alkanes of at least 4 members (excludes halogenated alkanes) is 1. The number of nitrogens with zero attached hydrogens (tertiary/aromatic N) is 3. The number of piperidine rings is 1. The number of carbonyl (C=O) groups excluding carboxylic acids is 3. The number of ether oxygens (including phenoxy) is 2. The van der Waals surface area contributed by atoms with Crippen LogP contribution in [0.2, 0.25) is 0 Å². The Balaban J connectivity index is 1.51. The molecule has 1 aliphatic rings. The van der Waals surface area contributed by atoms with E-state index in [-0.39, 0.29) is 30.5 Å². The van der Waals surface area contributed by atoms with Gasteiger partial charge in [0.2, 0.25) is 11.8 Å². The highest BCUT2D eigenvalue weighted by atomic mass is 16.6. The van der Waals surface area contributed by atoms with Gasteiger partial charge in [0.05, 0.1) is 23.2 Å². The molecule has 3 rings (SSSR count). The normalized spacial score (nSPS) is 15.8. The number of aryl methyl sites for hydroxylation is 1. The number of aromatic nitrogens is 2. The Bertz CT molecular complexity index is 1270. The van der Waals surface area contributed by atoms with Gasteiger partial charge in [0.15, 0.2) is 0 Å². The number of imidazole rings is 1. The molecule has 1 atom stereocenters. The molecule has 200 valence electrons. The Morgan fingerprint density at radius 2 is 1.95 bits per heavy atom. The Hall–Kier alpha value is -3.58. The lowest BCUT2D eigenvalue weighted by molar-refractivity contribution is -0.135. The molecule has 1 aliphatic heterocycles. The summed E-state index contributed by atoms with van der Waals surface area (Å²) in [7, 11) is 3.38. The fourth-order valence-corrected chi connectivity index (χ4v) is 4.14. The lowest BCUT2D eigenvalue weighted by Gasteiger charge is -2.24. The fraction of sp³-hybridized carbons (Fsp3) is 0.556. The van der Waals surface area contributed by atoms with Crippen molar-refractivity contribution >= 4 is 28.9 Å². The molecule has 0 radical (unpaired) electrons. The highest BCUT2D eigenvalue weighted by molar-refractivity contribution is 6.00. The molecule has 0 spiro atoms. The summed E-state index contributed by atoms with van der Waals surface area (Å²) in [4.78, 5) is 50.4. The monoisotopic (exact) mass is 512 g/mol. The van der Waals surface area contributed by atoms with Crippen molar-refractivity contribution in [2.75, 3.05) is 26.8 Å². The minimum atomic E-state index is -0.727. The van der Waals surface area contributed by atoms with Crippen LogP contribution in [0.3, 0.4) is 0 Å². The largest absolute Gasteiger partial charge is 0.444 e. The summed E-state index contributed by atoms with van der Waals surface area (Å²) in [6.07, 6.45) is 2.30. The molecule has 1 aromatic heterocycles. The first-order valence-electron chi connectivity index (χ1n) is 12.5. The Labute approximate surface area is 216 Å². The van der Waals surface area contributed by atoms with Gasteiger partial charge in [0.25, 0.3) is 0 Å². The van der Waals surface area contributed by atoms with Gasteiger partial charge in [-0.25, -0.2) is 9.59 Å². The van der Waals surface area contributed by atoms with Gasteiger partial charge in [-0.3, -0.25) is 24.0 Å². The highest BCUT2D eigenvalue weighted by Gasteiger charge is 2.31. The zero-order valence-corrected chi connectivity index (χ0v) is 22.3. The average Bonchev–Trinajstić information content (AvgIpc) is 3.07. The first kappa shape index (κ1) is 28.0. The van der Waals surface area contributed by atoms with Crippen LogP contribution in [0.15, 0.2) is 23.0 Å². The SMILES string of the molecule is CN(CCCCOCCC#Cc1cccc2c1n(C)c(=O)n2C1CCC(=O)NC1=O)C(=O)OC(C)(C)C. The lowest BCUT2D eigenvalue weighted by atomic mass is 10.1. The van der Waals surface area contributed by atoms with Gasteiger partial charge < -0.3 is 14.4 Å². The molecule has 10 nitrogen and oxygen atoms in total. The van der Waals surface area contributed by atoms with Crippen LogP contribution in [0, 0.1) is 11.8 Å². The van der Waals surface area contributed by atoms with Crippen LogP contribution in [-0.4, -0.2) is 64.3 Å². The predicted molar refractivity (Wildman–Crippen MR) is 139 cm³/mol. The summed E-state index contributed by atoms with van der Waals surface area (Å²) in [5.74, 6) is 5.43. The molecule has 1 saturated heterocycles. The molecule has 0 bridgehead atoms. The number of hydrogen-bond donors (Lipinski definition) is 1. The number of imide groups is 1. The van der Waals surface area contributed by atoms with Crippen molar-refractivity contribution in [3.8, 4) is 11.8 Å². The number of benzene rings is 1. The van der Waals surface area contributed by atoms with Crippen LogP contribution in [0.1, 0.15) is 64.5 Å². The predicted octanol–water partition coefficient (Wildman–Crippen LogP) is 2.72. The van der Waals surface area contributed by atoms with E-state index in [4.69, 9.17) is 9.47 Å². The fourth-order valence-electron chi connectivity index (χ4n) is 4.14. The molecule has 0 aliphatic carbocycles. The molecule has 0 saturated carbocycles. The average molecular weight is 513 g/mol. The van der Waals surface area contributed by atoms with Gasteiger partial charge in [-0.15, -0.1) is 0 Å². The van der Waals surface area contributed by atoms with Crippen LogP contribution < -0.4 is 11.0 Å². The van der Waals surface area contributed by atoms with Crippen LogP contribution in [0.4, 0.5) is 4.79 Å². The molecule has 1 N–H and O–H groups in total. The smallest absolute Gasteiger partial charge is 0.410 e. The van der Waals surface area contributed by atoms with Gasteiger partial charge >= 0.3 is 11.8 Å². The molecule has 2 heterocycles. The minimum absolute atomic E-state index is 0.194. The number of para-hydroxylation sites is 1. The summed E-state index contributed by atoms with van der Waals surface area (Å²) < 4.78 is 13.9. The van der Waals surface area contributed by atoms with E-state index in [0.717, 1.165) is 12.8 Å². The molecule has 3 amide bonds. The van der Waals surface area contributed by atoms with Gasteiger partial charge in [-0.1, -0.05) is 17.9 Å². The topological polar surface area (TPSA) is 112 Å². The first-order chi connectivity index (χ1) is 17.5. The van der Waals surface area contributed by atoms with E-state index in [1.165, 1.54) is 9.13 Å². The van der Waals surface area contributed by atoms with Crippen molar-refractivity contribution in [3.63, 3.8) is 0 Å². The third kappa shape index (κ3) is 7.23. The van der Waals surface area contributed by atoms with Gasteiger partial charge in [0, 0.05) is 40.1 Å². The van der Waals surface area contributed by atoms with Gasteiger partial charge in [0.1, 0.15) is 11.6 Å². The molecule has 1 unspecified atom stereocenters. The van der Waals surface area contributed by atoms with E-state index in [1.807, 2.05) is 26.8 Å². The van der Waals surface area contributed by atoms with E-state index in [1.54, 1.807) is 31.1 Å². The molecule has 2 aromatic rings. The second-order valence-corrected chi connectivity index (χ2v) is 10.1. The van der Waals surface area contributed by atoms with E-state index in [9.17, 15) is 19.2 Å². The lowest BCUT2D eigenvalue weighted by Crippen LogP contribution is -2.44. The van der Waals surface area contributed by atoms with Crippen LogP contribution in [0.25, 0.3) is 11.0 Å². The number of amides is 3. The molecule has 1 aromatic carbocycles. The maximum Gasteiger partial charge on any atom is 0.410 e. The Kier molecular flexibility index (Phi) is 9.16. The minimum Gasteiger partial charge on any atom is -0.444 e. The van der Waals surface area contributed by atoms with E-state index in [2.05, 4.69) is 17.2 Å². The van der Waals surface area contributed by atoms with Crippen molar-refractivity contribution in [2.24, 2.45) is 7.05 Å². The maximum atomic E-state index is 13.0. The van der Waals surface area contributed by atoms with Crippen molar-refractivity contribution in [3.05, 3.63) is 34.2 Å². The number of carbonyl (C=O) groups is 3. The molecule has 10 heteroatoms. The number of hydrogen-bond acceptors (Lipinski definition) is 6. The summed E-state index contributed by atoms with van der Waals surface area (Å²) >= 11 is 0. The van der Waals surface area contributed by atoms with Gasteiger partial charge in [-0.2, -0.15) is 0 Å². The molecular formula is C27H36N4O6. The second kappa shape index (κ2) is 12.1. The number of nitrogens with one attached hydrogen (secondary N) is 1. The zero-order chi connectivity index (χ0) is 27.2. The third-order valence-corrected chi connectivity index (χ3v) is 5.96. The quantitative estimate of drug-likeness (QED) is 0.331. The molecule has 37 heavy (non-hydrogen) atoms. The summed E-state index contributed by atoms with van der Waals surface area (Å²) in [5.41, 5.74) is 1.13. The highest BCUT2D eigenvalue weighted by Crippen LogP contribution is 2.24. The Morgan fingerprint density at radius 3 is 2.65 bits per heavy atom. The number of rotatable bonds is 8. The summed E-state index contributed by atoms with van der Waals surface area (Å²) in [6.45, 7) is 7.17. The van der Waals surface area contributed by atoms with Crippen molar-refractivity contribution < 1.29 is 23.9 Å². The van der Waals surface area contributed by atoms with Crippen LogP contribution in [-0.2, 0) is 26.1 Å². The first-order valence-corrected chi connectivity index (χ1v) is 12.5. The van der Waals surface area contributed by atoms with Crippen LogP contribution >= 0.6 is 0 Å². The van der Waals surface area contributed by atoms with E-state index >= 15 is 0 Å². The molecular weight excluding hydrogens is 476 g/mol. The second-order valence-electron chi connectivity index (χ2n) is 10.1. The number of fused-ring (bicyclic) bond motifs is 1.